The lowest BCUT2D eigenvalue weighted by molar-refractivity contribution is -0.128. The fraction of sp³-hybridized carbons (Fsp3) is 0.227. The third-order valence-electron chi connectivity index (χ3n) is 4.79. The number of nitrogens with one attached hydrogen (secondary N) is 1. The van der Waals surface area contributed by atoms with Gasteiger partial charge in [0.15, 0.2) is 5.17 Å². The van der Waals surface area contributed by atoms with E-state index >= 15 is 0 Å². The van der Waals surface area contributed by atoms with Crippen LogP contribution in [0.3, 0.4) is 0 Å². The van der Waals surface area contributed by atoms with Gasteiger partial charge in [-0.2, -0.15) is 4.99 Å². The highest BCUT2D eigenvalue weighted by molar-refractivity contribution is 8.15. The predicted octanol–water partition coefficient (Wildman–Crippen LogP) is 4.06. The number of esters is 1. The summed E-state index contributed by atoms with van der Waals surface area (Å²) < 4.78 is 5.77. The fourth-order valence-electron chi connectivity index (χ4n) is 3.26. The maximum atomic E-state index is 12.9. The number of hydrogen-bond acceptors (Lipinski definition) is 8. The minimum absolute atomic E-state index is 0.0473. The number of hydrogen-bond donors (Lipinski definition) is 1. The summed E-state index contributed by atoms with van der Waals surface area (Å²) in [4.78, 5) is 48.1. The van der Waals surface area contributed by atoms with E-state index in [-0.39, 0.29) is 23.8 Å². The van der Waals surface area contributed by atoms with E-state index < -0.39 is 11.2 Å². The number of benzene rings is 2. The maximum absolute atomic E-state index is 12.9. The van der Waals surface area contributed by atoms with Gasteiger partial charge in [-0.25, -0.2) is 9.78 Å². The zero-order valence-corrected chi connectivity index (χ0v) is 19.0. The van der Waals surface area contributed by atoms with Gasteiger partial charge >= 0.3 is 5.97 Å². The van der Waals surface area contributed by atoms with Crippen LogP contribution in [0.1, 0.15) is 23.7 Å². The number of aliphatic imine (C=N–C) groups is 1. The van der Waals surface area contributed by atoms with Gasteiger partial charge in [0.1, 0.15) is 5.25 Å². The average molecular weight is 469 g/mol. The molecule has 1 unspecified atom stereocenters. The number of aromatic nitrogens is 1. The molecule has 4 rings (SSSR count). The van der Waals surface area contributed by atoms with Crippen LogP contribution in [-0.2, 0) is 14.3 Å². The van der Waals surface area contributed by atoms with Crippen LogP contribution in [0.25, 0.3) is 10.2 Å². The number of anilines is 1. The highest BCUT2D eigenvalue weighted by atomic mass is 32.2. The quantitative estimate of drug-likeness (QED) is 0.548. The average Bonchev–Trinajstić information content (AvgIpc) is 3.33. The molecule has 0 spiro atoms. The highest BCUT2D eigenvalue weighted by Crippen LogP contribution is 2.34. The van der Waals surface area contributed by atoms with Crippen molar-refractivity contribution in [3.05, 3.63) is 54.1 Å². The van der Waals surface area contributed by atoms with Gasteiger partial charge in [-0.05, 0) is 31.2 Å². The molecule has 0 saturated carbocycles. The van der Waals surface area contributed by atoms with E-state index in [0.29, 0.717) is 22.5 Å². The monoisotopic (exact) mass is 468 g/mol. The van der Waals surface area contributed by atoms with Crippen molar-refractivity contribution >= 4 is 67.1 Å². The Hall–Kier alpha value is -3.24. The zero-order valence-electron chi connectivity index (χ0n) is 17.4. The van der Waals surface area contributed by atoms with Crippen LogP contribution in [0.5, 0.6) is 0 Å². The number of thioether (sulfide) groups is 1. The van der Waals surface area contributed by atoms with Crippen molar-refractivity contribution in [2.75, 3.05) is 19.0 Å². The van der Waals surface area contributed by atoms with Gasteiger partial charge in [-0.3, -0.25) is 14.5 Å². The Kier molecular flexibility index (Phi) is 6.52. The number of thiazole rings is 1. The minimum Gasteiger partial charge on any atom is -0.465 e. The third-order valence-corrected chi connectivity index (χ3v) is 6.89. The summed E-state index contributed by atoms with van der Waals surface area (Å²) in [5.41, 5.74) is 1.45. The Bertz CT molecular complexity index is 1190. The molecule has 164 valence electrons. The molecule has 2 heterocycles. The molecular weight excluding hydrogens is 448 g/mol. The second kappa shape index (κ2) is 9.49. The number of para-hydroxylation sites is 2. The molecule has 1 aliphatic heterocycles. The van der Waals surface area contributed by atoms with E-state index in [2.05, 4.69) is 15.3 Å². The van der Waals surface area contributed by atoms with E-state index in [9.17, 15) is 14.4 Å². The molecule has 1 N–H and O–H groups in total. The van der Waals surface area contributed by atoms with Crippen molar-refractivity contribution in [1.82, 2.24) is 9.88 Å². The van der Waals surface area contributed by atoms with Crippen LogP contribution >= 0.6 is 23.1 Å². The number of amides is 2. The van der Waals surface area contributed by atoms with Crippen LogP contribution in [-0.4, -0.2) is 51.7 Å². The summed E-state index contributed by atoms with van der Waals surface area (Å²) in [5.74, 6) is -1.09. The van der Waals surface area contributed by atoms with E-state index in [1.807, 2.05) is 31.2 Å². The van der Waals surface area contributed by atoms with Crippen LogP contribution in [0.15, 0.2) is 53.5 Å². The summed E-state index contributed by atoms with van der Waals surface area (Å²) in [6, 6.07) is 14.3. The van der Waals surface area contributed by atoms with Gasteiger partial charge < -0.3 is 10.1 Å². The van der Waals surface area contributed by atoms with Crippen molar-refractivity contribution < 1.29 is 19.1 Å². The Morgan fingerprint density at radius 3 is 2.69 bits per heavy atom. The molecule has 3 aromatic rings. The first-order valence-corrected chi connectivity index (χ1v) is 11.6. The summed E-state index contributed by atoms with van der Waals surface area (Å²) in [5, 5.41) is 3.21. The molecule has 0 radical (unpaired) electrons. The zero-order chi connectivity index (χ0) is 22.7. The Balaban J connectivity index is 1.49. The minimum atomic E-state index is -0.603. The van der Waals surface area contributed by atoms with Crippen molar-refractivity contribution in [3.63, 3.8) is 0 Å². The molecule has 2 amide bonds. The number of carbonyl (C=O) groups excluding carboxylic acids is 3. The van der Waals surface area contributed by atoms with Gasteiger partial charge in [-0.1, -0.05) is 47.4 Å². The number of rotatable bonds is 6. The molecule has 1 aliphatic rings. The number of ether oxygens (including phenoxy) is 1. The summed E-state index contributed by atoms with van der Waals surface area (Å²) >= 11 is 2.70. The molecule has 1 atom stereocenters. The molecule has 1 fully saturated rings. The summed E-state index contributed by atoms with van der Waals surface area (Å²) in [6.07, 6.45) is -0.0473. The van der Waals surface area contributed by atoms with Gasteiger partial charge in [0.2, 0.25) is 16.9 Å². The SMILES string of the molecule is CCN1C(=O)C(CC(=O)Nc2ccccc2C(=O)OC)SC1=Nc1nc2ccccc2s1. The van der Waals surface area contributed by atoms with Crippen molar-refractivity contribution in [2.24, 2.45) is 4.99 Å². The molecule has 0 bridgehead atoms. The number of amidine groups is 1. The molecule has 0 aliphatic carbocycles. The molecule has 1 aromatic heterocycles. The van der Waals surface area contributed by atoms with E-state index in [1.54, 1.807) is 29.2 Å². The van der Waals surface area contributed by atoms with E-state index in [1.165, 1.54) is 30.2 Å². The number of nitrogens with zero attached hydrogens (tertiary/aromatic N) is 3. The molecule has 10 heteroatoms. The highest BCUT2D eigenvalue weighted by Gasteiger charge is 2.38. The van der Waals surface area contributed by atoms with Crippen LogP contribution in [0.2, 0.25) is 0 Å². The standard InChI is InChI=1S/C22H20N4O4S2/c1-3-26-19(28)17(12-18(27)23-14-9-5-4-8-13(14)20(29)30-2)32-22(26)25-21-24-15-10-6-7-11-16(15)31-21/h4-11,17H,3,12H2,1-2H3,(H,23,27). The topological polar surface area (TPSA) is 101 Å². The smallest absolute Gasteiger partial charge is 0.339 e. The molecule has 1 saturated heterocycles. The third kappa shape index (κ3) is 4.51. The number of methoxy groups -OCH3 is 1. The van der Waals surface area contributed by atoms with Gasteiger partial charge in [-0.15, -0.1) is 0 Å². The van der Waals surface area contributed by atoms with Gasteiger partial charge in [0.05, 0.1) is 28.6 Å². The van der Waals surface area contributed by atoms with E-state index in [4.69, 9.17) is 4.74 Å². The van der Waals surface area contributed by atoms with Crippen LogP contribution in [0, 0.1) is 0 Å². The first kappa shape index (κ1) is 22.0. The van der Waals surface area contributed by atoms with Crippen molar-refractivity contribution in [1.29, 1.82) is 0 Å². The van der Waals surface area contributed by atoms with Crippen molar-refractivity contribution in [2.45, 2.75) is 18.6 Å². The molecule has 32 heavy (non-hydrogen) atoms. The largest absolute Gasteiger partial charge is 0.465 e. The summed E-state index contributed by atoms with van der Waals surface area (Å²) in [7, 11) is 1.28. The lowest BCUT2D eigenvalue weighted by Crippen LogP contribution is -2.33. The normalized spacial score (nSPS) is 17.2. The van der Waals surface area contributed by atoms with Crippen LogP contribution in [0.4, 0.5) is 10.8 Å². The molecule has 8 nitrogen and oxygen atoms in total. The number of carbonyl (C=O) groups is 3. The first-order chi connectivity index (χ1) is 15.5. The van der Waals surface area contributed by atoms with E-state index in [0.717, 1.165) is 10.2 Å². The maximum Gasteiger partial charge on any atom is 0.339 e. The Morgan fingerprint density at radius 2 is 1.94 bits per heavy atom. The second-order valence-corrected chi connectivity index (χ2v) is 9.02. The van der Waals surface area contributed by atoms with Gasteiger partial charge in [0.25, 0.3) is 0 Å². The summed E-state index contributed by atoms with van der Waals surface area (Å²) in [6.45, 7) is 2.31. The number of fused-ring (bicyclic) bond motifs is 1. The lowest BCUT2D eigenvalue weighted by atomic mass is 10.1. The van der Waals surface area contributed by atoms with Gasteiger partial charge in [0, 0.05) is 13.0 Å². The fourth-order valence-corrected chi connectivity index (χ4v) is 5.35. The first-order valence-electron chi connectivity index (χ1n) is 9.89. The predicted molar refractivity (Wildman–Crippen MR) is 127 cm³/mol. The lowest BCUT2D eigenvalue weighted by Gasteiger charge is -2.13. The Morgan fingerprint density at radius 1 is 1.19 bits per heavy atom. The van der Waals surface area contributed by atoms with Crippen molar-refractivity contribution in [3.8, 4) is 0 Å². The van der Waals surface area contributed by atoms with Crippen LogP contribution < -0.4 is 5.32 Å². The second-order valence-electron chi connectivity index (χ2n) is 6.84. The Labute approximate surface area is 192 Å². The molecular formula is C22H20N4O4S2. The molecule has 2 aromatic carbocycles.